The summed E-state index contributed by atoms with van der Waals surface area (Å²) < 4.78 is 97.8. The minimum atomic E-state index is -6.42. The lowest BCUT2D eigenvalue weighted by Gasteiger charge is -2.29. The lowest BCUT2D eigenvalue weighted by atomic mass is 9.96. The zero-order chi connectivity index (χ0) is 22.2. The molecule has 0 N–H and O–H groups in total. The van der Waals surface area contributed by atoms with E-state index >= 15 is 0 Å². The van der Waals surface area contributed by atoms with Crippen molar-refractivity contribution in [2.45, 2.75) is 30.9 Å². The van der Waals surface area contributed by atoms with Gasteiger partial charge in [-0.15, -0.1) is 0 Å². The Morgan fingerprint density at radius 1 is 0.867 bits per heavy atom. The number of ether oxygens (including phenoxy) is 1. The molecule has 162 valence electrons. The Morgan fingerprint density at radius 3 is 1.80 bits per heavy atom. The molecule has 1 saturated carbocycles. The summed E-state index contributed by atoms with van der Waals surface area (Å²) in [5.41, 5.74) is -0.906. The molecule has 0 spiro atoms. The molecule has 1 aliphatic rings. The molecule has 0 unspecified atom stereocenters. The van der Waals surface area contributed by atoms with Crippen molar-refractivity contribution in [2.75, 3.05) is 13.7 Å². The average molecular weight is 433 g/mol. The standard InChI is InChI=1S/C21H18F7NO/c1-29-18(19(22,23)20(24,25)21(26,27)28)16-6-4-14(5-7-16)15-8-10-17(11-9-15)30-12-13-2-3-13/h4-11,13H,2-3,12H2,1H3/b29-18-. The van der Waals surface area contributed by atoms with Crippen LogP contribution >= 0.6 is 0 Å². The number of benzene rings is 2. The topological polar surface area (TPSA) is 21.6 Å². The zero-order valence-corrected chi connectivity index (χ0v) is 15.8. The second-order valence-corrected chi connectivity index (χ2v) is 7.07. The van der Waals surface area contributed by atoms with Crippen molar-refractivity contribution in [3.8, 4) is 16.9 Å². The van der Waals surface area contributed by atoms with Crippen LogP contribution in [0.25, 0.3) is 11.1 Å². The number of alkyl halides is 7. The van der Waals surface area contributed by atoms with E-state index < -0.39 is 29.3 Å². The molecular weight excluding hydrogens is 415 g/mol. The van der Waals surface area contributed by atoms with Gasteiger partial charge >= 0.3 is 18.0 Å². The van der Waals surface area contributed by atoms with Crippen LogP contribution in [0, 0.1) is 5.92 Å². The Balaban J connectivity index is 1.79. The second kappa shape index (κ2) is 7.92. The molecule has 0 aliphatic heterocycles. The van der Waals surface area contributed by atoms with Gasteiger partial charge in [-0.2, -0.15) is 30.7 Å². The second-order valence-electron chi connectivity index (χ2n) is 7.07. The predicted molar refractivity (Wildman–Crippen MR) is 98.5 cm³/mol. The number of hydrogen-bond donors (Lipinski definition) is 0. The summed E-state index contributed by atoms with van der Waals surface area (Å²) in [4.78, 5) is 3.03. The van der Waals surface area contributed by atoms with Crippen LogP contribution in [0.15, 0.2) is 53.5 Å². The summed E-state index contributed by atoms with van der Waals surface area (Å²) >= 11 is 0. The molecule has 0 bridgehead atoms. The largest absolute Gasteiger partial charge is 0.493 e. The average Bonchev–Trinajstić information content (AvgIpc) is 3.51. The Kier molecular flexibility index (Phi) is 5.84. The molecule has 0 aromatic heterocycles. The van der Waals surface area contributed by atoms with Gasteiger partial charge in [-0.05, 0) is 42.0 Å². The van der Waals surface area contributed by atoms with Gasteiger partial charge in [-0.25, -0.2) is 0 Å². The van der Waals surface area contributed by atoms with Crippen LogP contribution in [0.5, 0.6) is 5.75 Å². The van der Waals surface area contributed by atoms with Crippen LogP contribution in [-0.2, 0) is 0 Å². The van der Waals surface area contributed by atoms with E-state index in [1.165, 1.54) is 12.1 Å². The van der Waals surface area contributed by atoms with Crippen LogP contribution in [0.3, 0.4) is 0 Å². The van der Waals surface area contributed by atoms with Crippen LogP contribution in [0.4, 0.5) is 30.7 Å². The first-order valence-corrected chi connectivity index (χ1v) is 9.10. The van der Waals surface area contributed by atoms with Gasteiger partial charge in [0.15, 0.2) is 0 Å². The fourth-order valence-corrected chi connectivity index (χ4v) is 2.84. The maximum atomic E-state index is 14.0. The molecular formula is C21H18F7NO. The molecule has 0 saturated heterocycles. The van der Waals surface area contributed by atoms with Crippen molar-refractivity contribution in [3.63, 3.8) is 0 Å². The van der Waals surface area contributed by atoms with Gasteiger partial charge in [0.2, 0.25) is 0 Å². The maximum absolute atomic E-state index is 14.0. The van der Waals surface area contributed by atoms with Crippen molar-refractivity contribution in [3.05, 3.63) is 54.1 Å². The molecule has 0 amide bonds. The van der Waals surface area contributed by atoms with E-state index in [4.69, 9.17) is 4.74 Å². The smallest absolute Gasteiger partial charge is 0.460 e. The van der Waals surface area contributed by atoms with Crippen LogP contribution in [0.2, 0.25) is 0 Å². The number of aliphatic imine (C=N–C) groups is 1. The van der Waals surface area contributed by atoms with E-state index in [-0.39, 0.29) is 0 Å². The van der Waals surface area contributed by atoms with Crippen LogP contribution in [-0.4, -0.2) is 37.4 Å². The predicted octanol–water partition coefficient (Wildman–Crippen LogP) is 6.39. The molecule has 0 atom stereocenters. The first kappa shape index (κ1) is 22.1. The zero-order valence-electron chi connectivity index (χ0n) is 15.8. The summed E-state index contributed by atoms with van der Waals surface area (Å²) in [6.07, 6.45) is -4.11. The lowest BCUT2D eigenvalue weighted by molar-refractivity contribution is -0.336. The molecule has 2 aromatic carbocycles. The monoisotopic (exact) mass is 433 g/mol. The van der Waals surface area contributed by atoms with Gasteiger partial charge in [-0.1, -0.05) is 36.4 Å². The molecule has 9 heteroatoms. The van der Waals surface area contributed by atoms with Crippen molar-refractivity contribution < 1.29 is 35.5 Å². The van der Waals surface area contributed by atoms with Crippen molar-refractivity contribution in [1.29, 1.82) is 0 Å². The number of hydrogen-bond acceptors (Lipinski definition) is 2. The normalized spacial score (nSPS) is 15.9. The molecule has 2 nitrogen and oxygen atoms in total. The highest BCUT2D eigenvalue weighted by molar-refractivity contribution is 6.06. The number of rotatable bonds is 7. The van der Waals surface area contributed by atoms with Crippen molar-refractivity contribution in [1.82, 2.24) is 0 Å². The van der Waals surface area contributed by atoms with Gasteiger partial charge in [-0.3, -0.25) is 4.99 Å². The summed E-state index contributed by atoms with van der Waals surface area (Å²) in [7, 11) is 0.740. The van der Waals surface area contributed by atoms with E-state index in [1.807, 2.05) is 0 Å². The molecule has 3 rings (SSSR count). The van der Waals surface area contributed by atoms with E-state index in [1.54, 1.807) is 24.3 Å². The lowest BCUT2D eigenvalue weighted by Crippen LogP contribution is -2.56. The third-order valence-electron chi connectivity index (χ3n) is 4.80. The van der Waals surface area contributed by atoms with E-state index in [9.17, 15) is 30.7 Å². The summed E-state index contributed by atoms with van der Waals surface area (Å²) in [6, 6.07) is 11.7. The van der Waals surface area contributed by atoms with Crippen molar-refractivity contribution >= 4 is 5.71 Å². The number of nitrogens with zero attached hydrogens (tertiary/aromatic N) is 1. The molecule has 30 heavy (non-hydrogen) atoms. The molecule has 1 fully saturated rings. The third-order valence-corrected chi connectivity index (χ3v) is 4.80. The van der Waals surface area contributed by atoms with Gasteiger partial charge < -0.3 is 4.74 Å². The Morgan fingerprint density at radius 2 is 1.37 bits per heavy atom. The quantitative estimate of drug-likeness (QED) is 0.366. The molecule has 2 aromatic rings. The number of halogens is 7. The maximum Gasteiger partial charge on any atom is 0.460 e. The van der Waals surface area contributed by atoms with Crippen LogP contribution in [0.1, 0.15) is 18.4 Å². The third kappa shape index (κ3) is 4.29. The van der Waals surface area contributed by atoms with Crippen LogP contribution < -0.4 is 4.74 Å². The van der Waals surface area contributed by atoms with Gasteiger partial charge in [0, 0.05) is 12.6 Å². The van der Waals surface area contributed by atoms with Gasteiger partial charge in [0.25, 0.3) is 0 Å². The van der Waals surface area contributed by atoms with Crippen molar-refractivity contribution in [2.24, 2.45) is 10.9 Å². The Hall–Kier alpha value is -2.58. The first-order valence-electron chi connectivity index (χ1n) is 9.10. The minimum Gasteiger partial charge on any atom is -0.493 e. The van der Waals surface area contributed by atoms with Gasteiger partial charge in [0.1, 0.15) is 11.5 Å². The van der Waals surface area contributed by atoms with E-state index in [2.05, 4.69) is 4.99 Å². The molecule has 0 radical (unpaired) electrons. The Labute approximate surface area is 168 Å². The highest BCUT2D eigenvalue weighted by atomic mass is 19.4. The molecule has 0 heterocycles. The summed E-state index contributed by atoms with van der Waals surface area (Å²) in [5.74, 6) is -10.5. The first-order chi connectivity index (χ1) is 14.0. The summed E-state index contributed by atoms with van der Waals surface area (Å²) in [5, 5.41) is 0. The minimum absolute atomic E-state index is 0.528. The summed E-state index contributed by atoms with van der Waals surface area (Å²) in [6.45, 7) is 0.643. The highest BCUT2D eigenvalue weighted by Crippen LogP contribution is 2.48. The highest BCUT2D eigenvalue weighted by Gasteiger charge is 2.74. The fraction of sp³-hybridized carbons (Fsp3) is 0.381. The SMILES string of the molecule is C/N=C(/c1ccc(-c2ccc(OCC3CC3)cc2)cc1)C(F)(F)C(F)(F)C(F)(F)F. The Bertz CT molecular complexity index is 898. The fourth-order valence-electron chi connectivity index (χ4n) is 2.84. The van der Waals surface area contributed by atoms with E-state index in [0.29, 0.717) is 29.4 Å². The van der Waals surface area contributed by atoms with Gasteiger partial charge in [0.05, 0.1) is 6.61 Å². The van der Waals surface area contributed by atoms with E-state index in [0.717, 1.165) is 32.0 Å². The molecule has 1 aliphatic carbocycles.